The fraction of sp³-hybridized carbons (Fsp3) is 0.312. The molecule has 3 nitrogen and oxygen atoms in total. The van der Waals surface area contributed by atoms with E-state index >= 15 is 0 Å². The Kier molecular flexibility index (Phi) is 4.31. The molecule has 0 atom stereocenters. The molecule has 0 aliphatic carbocycles. The van der Waals surface area contributed by atoms with E-state index in [-0.39, 0.29) is 5.91 Å². The fourth-order valence-corrected chi connectivity index (χ4v) is 3.80. The molecule has 110 valence electrons. The Bertz CT molecular complexity index is 668. The van der Waals surface area contributed by atoms with Gasteiger partial charge < -0.3 is 10.2 Å². The Labute approximate surface area is 137 Å². The molecule has 2 aromatic rings. The van der Waals surface area contributed by atoms with Gasteiger partial charge in [-0.25, -0.2) is 0 Å². The van der Waals surface area contributed by atoms with Gasteiger partial charge >= 0.3 is 0 Å². The lowest BCUT2D eigenvalue weighted by Crippen LogP contribution is -2.26. The van der Waals surface area contributed by atoms with Gasteiger partial charge in [-0.2, -0.15) is 0 Å². The van der Waals surface area contributed by atoms with Gasteiger partial charge in [0.1, 0.15) is 0 Å². The van der Waals surface area contributed by atoms with Crippen LogP contribution < -0.4 is 5.32 Å². The first-order chi connectivity index (χ1) is 10.1. The molecular weight excluding hydrogens is 348 g/mol. The van der Waals surface area contributed by atoms with Gasteiger partial charge in [-0.1, -0.05) is 0 Å². The number of anilines is 1. The molecule has 1 amide bonds. The summed E-state index contributed by atoms with van der Waals surface area (Å²) in [6.45, 7) is 1.66. The molecule has 0 bridgehead atoms. The first-order valence-electron chi connectivity index (χ1n) is 6.98. The van der Waals surface area contributed by atoms with Gasteiger partial charge in [-0.05, 0) is 69.5 Å². The summed E-state index contributed by atoms with van der Waals surface area (Å²) in [6.07, 6.45) is 2.17. The second kappa shape index (κ2) is 6.20. The SMILES string of the molecule is CN(Cc1csc(Br)c1)C(=O)c1ccc2c(c1)CCCN2. The minimum Gasteiger partial charge on any atom is -0.385 e. The summed E-state index contributed by atoms with van der Waals surface area (Å²) in [5.74, 6) is 0.0747. The lowest BCUT2D eigenvalue weighted by molar-refractivity contribution is 0.0785. The highest BCUT2D eigenvalue weighted by Gasteiger charge is 2.16. The first kappa shape index (κ1) is 14.6. The number of thiophene rings is 1. The zero-order chi connectivity index (χ0) is 14.8. The van der Waals surface area contributed by atoms with E-state index < -0.39 is 0 Å². The average Bonchev–Trinajstić information content (AvgIpc) is 2.91. The van der Waals surface area contributed by atoms with Gasteiger partial charge in [0.25, 0.3) is 5.91 Å². The van der Waals surface area contributed by atoms with Crippen molar-refractivity contribution in [1.82, 2.24) is 4.90 Å². The maximum atomic E-state index is 12.5. The van der Waals surface area contributed by atoms with Gasteiger partial charge in [0, 0.05) is 31.4 Å². The van der Waals surface area contributed by atoms with Gasteiger partial charge in [0.2, 0.25) is 0 Å². The maximum Gasteiger partial charge on any atom is 0.253 e. The summed E-state index contributed by atoms with van der Waals surface area (Å²) in [4.78, 5) is 14.3. The van der Waals surface area contributed by atoms with E-state index in [9.17, 15) is 4.79 Å². The lowest BCUT2D eigenvalue weighted by atomic mass is 10.0. The van der Waals surface area contributed by atoms with E-state index in [1.165, 1.54) is 11.3 Å². The van der Waals surface area contributed by atoms with E-state index in [0.29, 0.717) is 6.54 Å². The predicted octanol–water partition coefficient (Wildman–Crippen LogP) is 4.14. The highest BCUT2D eigenvalue weighted by molar-refractivity contribution is 9.11. The van der Waals surface area contributed by atoms with Crippen LogP contribution >= 0.6 is 27.3 Å². The molecule has 1 aliphatic heterocycles. The maximum absolute atomic E-state index is 12.5. The van der Waals surface area contributed by atoms with E-state index in [1.54, 1.807) is 16.2 Å². The summed E-state index contributed by atoms with van der Waals surface area (Å²) in [5, 5.41) is 5.45. The standard InChI is InChI=1S/C16H17BrN2OS/c1-19(9-11-7-15(17)21-10-11)16(20)13-4-5-14-12(8-13)3-2-6-18-14/h4-5,7-8,10,18H,2-3,6,9H2,1H3. The minimum atomic E-state index is 0.0747. The van der Waals surface area contributed by atoms with E-state index in [4.69, 9.17) is 0 Å². The second-order valence-electron chi connectivity index (χ2n) is 5.32. The fourth-order valence-electron chi connectivity index (χ4n) is 2.60. The van der Waals surface area contributed by atoms with Gasteiger partial charge in [0.15, 0.2) is 0 Å². The Morgan fingerprint density at radius 3 is 3.05 bits per heavy atom. The van der Waals surface area contributed by atoms with Crippen molar-refractivity contribution in [1.29, 1.82) is 0 Å². The lowest BCUT2D eigenvalue weighted by Gasteiger charge is -2.21. The van der Waals surface area contributed by atoms with Crippen LogP contribution in [0, 0.1) is 0 Å². The average molecular weight is 365 g/mol. The third kappa shape index (κ3) is 3.30. The molecule has 0 saturated heterocycles. The van der Waals surface area contributed by atoms with Crippen LogP contribution in [0.15, 0.2) is 33.4 Å². The van der Waals surface area contributed by atoms with Crippen LogP contribution in [0.5, 0.6) is 0 Å². The quantitative estimate of drug-likeness (QED) is 0.887. The molecule has 1 aromatic carbocycles. The number of nitrogens with one attached hydrogen (secondary N) is 1. The van der Waals surface area contributed by atoms with Crippen molar-refractivity contribution in [2.45, 2.75) is 19.4 Å². The van der Waals surface area contributed by atoms with Crippen molar-refractivity contribution in [2.75, 3.05) is 18.9 Å². The smallest absolute Gasteiger partial charge is 0.253 e. The van der Waals surface area contributed by atoms with Crippen molar-refractivity contribution >= 4 is 38.9 Å². The third-order valence-corrected chi connectivity index (χ3v) is 5.23. The summed E-state index contributed by atoms with van der Waals surface area (Å²) < 4.78 is 1.10. The molecule has 0 saturated carbocycles. The van der Waals surface area contributed by atoms with Gasteiger partial charge in [-0.15, -0.1) is 11.3 Å². The number of nitrogens with zero attached hydrogens (tertiary/aromatic N) is 1. The van der Waals surface area contributed by atoms with Crippen LogP contribution in [-0.4, -0.2) is 24.4 Å². The van der Waals surface area contributed by atoms with Crippen LogP contribution in [0.25, 0.3) is 0 Å². The predicted molar refractivity (Wildman–Crippen MR) is 91.1 cm³/mol. The Balaban J connectivity index is 1.75. The van der Waals surface area contributed by atoms with Crippen LogP contribution in [-0.2, 0) is 13.0 Å². The summed E-state index contributed by atoms with van der Waals surface area (Å²) >= 11 is 5.10. The number of rotatable bonds is 3. The number of aryl methyl sites for hydroxylation is 1. The van der Waals surface area contributed by atoms with E-state index in [0.717, 1.165) is 34.3 Å². The largest absolute Gasteiger partial charge is 0.385 e. The number of halogens is 1. The number of benzene rings is 1. The minimum absolute atomic E-state index is 0.0747. The number of carbonyl (C=O) groups is 1. The van der Waals surface area contributed by atoms with Crippen LogP contribution in [0.1, 0.15) is 27.9 Å². The Hall–Kier alpha value is -1.33. The summed E-state index contributed by atoms with van der Waals surface area (Å²) in [5.41, 5.74) is 4.34. The number of fused-ring (bicyclic) bond motifs is 1. The van der Waals surface area contributed by atoms with Crippen molar-refractivity contribution in [2.24, 2.45) is 0 Å². The monoisotopic (exact) mass is 364 g/mol. The van der Waals surface area contributed by atoms with Gasteiger partial charge in [-0.3, -0.25) is 4.79 Å². The molecule has 3 rings (SSSR count). The second-order valence-corrected chi connectivity index (χ2v) is 7.61. The molecule has 0 unspecified atom stereocenters. The molecule has 0 spiro atoms. The third-order valence-electron chi connectivity index (χ3n) is 3.68. The van der Waals surface area contributed by atoms with Crippen LogP contribution in [0.4, 0.5) is 5.69 Å². The Morgan fingerprint density at radius 1 is 1.43 bits per heavy atom. The zero-order valence-corrected chi connectivity index (χ0v) is 14.3. The first-order valence-corrected chi connectivity index (χ1v) is 8.66. The molecule has 1 aromatic heterocycles. The number of carbonyl (C=O) groups excluding carboxylic acids is 1. The molecule has 5 heteroatoms. The van der Waals surface area contributed by atoms with E-state index in [2.05, 4.69) is 32.7 Å². The molecule has 1 N–H and O–H groups in total. The zero-order valence-electron chi connectivity index (χ0n) is 11.9. The Morgan fingerprint density at radius 2 is 2.29 bits per heavy atom. The summed E-state index contributed by atoms with van der Waals surface area (Å²) in [6, 6.07) is 8.03. The van der Waals surface area contributed by atoms with Crippen LogP contribution in [0.3, 0.4) is 0 Å². The van der Waals surface area contributed by atoms with Crippen molar-refractivity contribution in [3.63, 3.8) is 0 Å². The van der Waals surface area contributed by atoms with Crippen molar-refractivity contribution < 1.29 is 4.79 Å². The van der Waals surface area contributed by atoms with Gasteiger partial charge in [0.05, 0.1) is 3.79 Å². The normalized spacial score (nSPS) is 13.4. The number of amides is 1. The molecule has 21 heavy (non-hydrogen) atoms. The van der Waals surface area contributed by atoms with Crippen molar-refractivity contribution in [3.8, 4) is 0 Å². The molecule has 1 aliphatic rings. The van der Waals surface area contributed by atoms with E-state index in [1.807, 2.05) is 25.2 Å². The summed E-state index contributed by atoms with van der Waals surface area (Å²) in [7, 11) is 1.85. The molecular formula is C16H17BrN2OS. The number of hydrogen-bond acceptors (Lipinski definition) is 3. The molecule has 2 heterocycles. The van der Waals surface area contributed by atoms with Crippen molar-refractivity contribution in [3.05, 3.63) is 50.1 Å². The molecule has 0 radical (unpaired) electrons. The molecule has 0 fully saturated rings. The van der Waals surface area contributed by atoms with Crippen LogP contribution in [0.2, 0.25) is 0 Å². The number of hydrogen-bond donors (Lipinski definition) is 1. The highest BCUT2D eigenvalue weighted by Crippen LogP contribution is 2.25. The highest BCUT2D eigenvalue weighted by atomic mass is 79.9. The topological polar surface area (TPSA) is 32.3 Å².